The van der Waals surface area contributed by atoms with E-state index in [-0.39, 0.29) is 12.2 Å². The van der Waals surface area contributed by atoms with E-state index in [9.17, 15) is 0 Å². The highest BCUT2D eigenvalue weighted by molar-refractivity contribution is 6.06. The highest BCUT2D eigenvalue weighted by atomic mass is 16.6. The lowest BCUT2D eigenvalue weighted by Crippen LogP contribution is -2.38. The normalized spacial score (nSPS) is 14.8. The molecule has 69 heavy (non-hydrogen) atoms. The molecular weight excluding hydrogens is 851 g/mol. The highest BCUT2D eigenvalue weighted by Gasteiger charge is 2.33. The number of hydrogen-bond donors (Lipinski definition) is 0. The van der Waals surface area contributed by atoms with Crippen molar-refractivity contribution in [2.75, 3.05) is 0 Å². The van der Waals surface area contributed by atoms with Gasteiger partial charge in [-0.05, 0) is 112 Å². The van der Waals surface area contributed by atoms with Crippen molar-refractivity contribution >= 4 is 21.9 Å². The number of fused-ring (bicyclic) bond motifs is 5. The molecule has 13 rings (SSSR count). The Morgan fingerprint density at radius 1 is 0.333 bits per heavy atom. The minimum absolute atomic E-state index is 0.284. The predicted molar refractivity (Wildman–Crippen MR) is 273 cm³/mol. The van der Waals surface area contributed by atoms with Gasteiger partial charge < -0.3 is 13.9 Å². The quantitative estimate of drug-likeness (QED) is 0.149. The van der Waals surface area contributed by atoms with Crippen LogP contribution in [-0.2, 0) is 0 Å². The standard InChI is InChI=1S/C61H39N5O3/c1-2-10-38(11-3-1)39-18-22-41(23-19-39)59-64-60(66-61(65-59)43-26-29-54-52(35-43)51-14-4-5-15-53(51)67-54)42-24-20-40(21-25-42)49-27-28-50(58-57(49)68-55-16-6-7-17-56(55)69-58)48-33-46(44-12-8-30-62-36-44)32-47(34-48)45-13-9-31-63-37-45/h1-37,55-56H. The van der Waals surface area contributed by atoms with Crippen LogP contribution in [0.2, 0.25) is 0 Å². The van der Waals surface area contributed by atoms with E-state index in [2.05, 4.69) is 150 Å². The molecule has 2 unspecified atom stereocenters. The number of aromatic nitrogens is 5. The van der Waals surface area contributed by atoms with Crippen LogP contribution in [0.25, 0.3) is 112 Å². The largest absolute Gasteiger partial charge is 0.478 e. The highest BCUT2D eigenvalue weighted by Crippen LogP contribution is 2.50. The van der Waals surface area contributed by atoms with Gasteiger partial charge in [-0.2, -0.15) is 0 Å². The van der Waals surface area contributed by atoms with Crippen molar-refractivity contribution in [2.24, 2.45) is 0 Å². The maximum atomic E-state index is 6.94. The molecule has 11 aromatic rings. The molecule has 4 aromatic heterocycles. The van der Waals surface area contributed by atoms with Crippen molar-refractivity contribution < 1.29 is 13.9 Å². The minimum atomic E-state index is -0.286. The fraction of sp³-hybridized carbons (Fsp3) is 0.0328. The Labute approximate surface area is 397 Å². The molecule has 0 N–H and O–H groups in total. The summed E-state index contributed by atoms with van der Waals surface area (Å²) in [4.78, 5) is 24.2. The van der Waals surface area contributed by atoms with Crippen molar-refractivity contribution in [3.05, 3.63) is 225 Å². The van der Waals surface area contributed by atoms with E-state index in [4.69, 9.17) is 28.8 Å². The third-order valence-electron chi connectivity index (χ3n) is 12.9. The van der Waals surface area contributed by atoms with E-state index in [1.807, 2.05) is 73.1 Å². The summed E-state index contributed by atoms with van der Waals surface area (Å²) in [5.74, 6) is 3.07. The van der Waals surface area contributed by atoms with Crippen molar-refractivity contribution in [3.63, 3.8) is 0 Å². The molecule has 8 heteroatoms. The second-order valence-electron chi connectivity index (χ2n) is 17.2. The Kier molecular flexibility index (Phi) is 9.79. The zero-order valence-corrected chi connectivity index (χ0v) is 37.0. The second-order valence-corrected chi connectivity index (χ2v) is 17.2. The summed E-state index contributed by atoms with van der Waals surface area (Å²) in [6.45, 7) is 0. The fourth-order valence-electron chi connectivity index (χ4n) is 9.36. The zero-order chi connectivity index (χ0) is 45.7. The van der Waals surface area contributed by atoms with Crippen molar-refractivity contribution in [3.8, 4) is 101 Å². The molecule has 5 heterocycles. The van der Waals surface area contributed by atoms with Gasteiger partial charge in [0.25, 0.3) is 0 Å². The van der Waals surface area contributed by atoms with E-state index in [1.54, 1.807) is 12.4 Å². The Hall–Kier alpha value is -9.27. The van der Waals surface area contributed by atoms with Crippen molar-refractivity contribution in [2.45, 2.75) is 12.2 Å². The molecule has 326 valence electrons. The second kappa shape index (κ2) is 16.9. The first-order valence-corrected chi connectivity index (χ1v) is 22.9. The third kappa shape index (κ3) is 7.50. The van der Waals surface area contributed by atoms with Crippen LogP contribution in [-0.4, -0.2) is 37.1 Å². The van der Waals surface area contributed by atoms with Gasteiger partial charge in [0, 0.05) is 74.5 Å². The summed E-state index contributed by atoms with van der Waals surface area (Å²) < 4.78 is 20.0. The van der Waals surface area contributed by atoms with Gasteiger partial charge in [-0.25, -0.2) is 15.0 Å². The lowest BCUT2D eigenvalue weighted by molar-refractivity contribution is 0.0769. The molecule has 0 spiro atoms. The maximum absolute atomic E-state index is 6.94. The van der Waals surface area contributed by atoms with Gasteiger partial charge in [0.1, 0.15) is 11.2 Å². The van der Waals surface area contributed by atoms with E-state index >= 15 is 0 Å². The van der Waals surface area contributed by atoms with Crippen LogP contribution < -0.4 is 9.47 Å². The van der Waals surface area contributed by atoms with Gasteiger partial charge in [-0.15, -0.1) is 0 Å². The number of para-hydroxylation sites is 1. The van der Waals surface area contributed by atoms with E-state index in [0.717, 1.165) is 94.3 Å². The number of nitrogens with zero attached hydrogens (tertiary/aromatic N) is 5. The number of rotatable bonds is 8. The van der Waals surface area contributed by atoms with Crippen molar-refractivity contribution in [1.29, 1.82) is 0 Å². The van der Waals surface area contributed by atoms with Gasteiger partial charge in [-0.1, -0.05) is 121 Å². The first-order valence-electron chi connectivity index (χ1n) is 22.9. The van der Waals surface area contributed by atoms with Crippen LogP contribution in [0.4, 0.5) is 0 Å². The van der Waals surface area contributed by atoms with Crippen LogP contribution in [0.5, 0.6) is 11.5 Å². The molecule has 8 nitrogen and oxygen atoms in total. The molecular formula is C61H39N5O3. The number of ether oxygens (including phenoxy) is 2. The summed E-state index contributed by atoms with van der Waals surface area (Å²) in [5.41, 5.74) is 14.4. The summed E-state index contributed by atoms with van der Waals surface area (Å²) in [5, 5.41) is 2.05. The van der Waals surface area contributed by atoms with Crippen LogP contribution in [0.3, 0.4) is 0 Å². The molecule has 7 aromatic carbocycles. The molecule has 0 saturated heterocycles. The Balaban J connectivity index is 0.913. The average molecular weight is 890 g/mol. The van der Waals surface area contributed by atoms with Crippen molar-refractivity contribution in [1.82, 2.24) is 24.9 Å². The first kappa shape index (κ1) is 40.0. The molecule has 2 atom stereocenters. The monoisotopic (exact) mass is 889 g/mol. The average Bonchev–Trinajstić information content (AvgIpc) is 3.81. The summed E-state index contributed by atoms with van der Waals surface area (Å²) in [6.07, 6.45) is 14.9. The van der Waals surface area contributed by atoms with E-state index < -0.39 is 0 Å². The molecule has 0 saturated carbocycles. The molecule has 1 aliphatic heterocycles. The van der Waals surface area contributed by atoms with Gasteiger partial charge >= 0.3 is 0 Å². The summed E-state index contributed by atoms with van der Waals surface area (Å²) >= 11 is 0. The van der Waals surface area contributed by atoms with Gasteiger partial charge in [0.05, 0.1) is 0 Å². The van der Waals surface area contributed by atoms with E-state index in [1.165, 1.54) is 0 Å². The van der Waals surface area contributed by atoms with Crippen LogP contribution in [0.15, 0.2) is 229 Å². The maximum Gasteiger partial charge on any atom is 0.170 e. The summed E-state index contributed by atoms with van der Waals surface area (Å²) in [6, 6.07) is 60.2. The minimum Gasteiger partial charge on any atom is -0.478 e. The molecule has 1 aliphatic carbocycles. The first-order chi connectivity index (χ1) is 34.1. The Morgan fingerprint density at radius 2 is 0.812 bits per heavy atom. The predicted octanol–water partition coefficient (Wildman–Crippen LogP) is 14.5. The number of furan rings is 1. The third-order valence-corrected chi connectivity index (χ3v) is 12.9. The molecule has 2 aliphatic rings. The van der Waals surface area contributed by atoms with Crippen LogP contribution in [0.1, 0.15) is 0 Å². The summed E-state index contributed by atoms with van der Waals surface area (Å²) in [7, 11) is 0. The number of hydrogen-bond acceptors (Lipinski definition) is 8. The lowest BCUT2D eigenvalue weighted by Gasteiger charge is -2.34. The number of pyridine rings is 2. The van der Waals surface area contributed by atoms with Crippen LogP contribution in [0, 0.1) is 0 Å². The van der Waals surface area contributed by atoms with Crippen LogP contribution >= 0.6 is 0 Å². The zero-order valence-electron chi connectivity index (χ0n) is 37.0. The topological polar surface area (TPSA) is 96.1 Å². The van der Waals surface area contributed by atoms with E-state index in [0.29, 0.717) is 29.0 Å². The SMILES string of the molecule is C1=CC2Oc3c(-c4ccc(-c5nc(-c6ccc(-c7ccccc7)cc6)nc(-c6ccc7oc8ccccc8c7c6)n5)cc4)ccc(-c4cc(-c5cccnc5)cc(-c5cccnc5)c4)c3OC2C=C1. The number of benzene rings is 7. The lowest BCUT2D eigenvalue weighted by atomic mass is 9.91. The van der Waals surface area contributed by atoms with Gasteiger partial charge in [0.2, 0.25) is 0 Å². The Bertz CT molecular complexity index is 3720. The van der Waals surface area contributed by atoms with Gasteiger partial charge in [-0.3, -0.25) is 9.97 Å². The number of allylic oxidation sites excluding steroid dienone is 2. The molecule has 0 fully saturated rings. The smallest absolute Gasteiger partial charge is 0.170 e. The van der Waals surface area contributed by atoms with Gasteiger partial charge in [0.15, 0.2) is 41.2 Å². The Morgan fingerprint density at radius 3 is 1.42 bits per heavy atom. The molecule has 0 radical (unpaired) electrons. The fourth-order valence-corrected chi connectivity index (χ4v) is 9.36. The molecule has 0 bridgehead atoms. The molecule has 0 amide bonds.